The molecule has 0 unspecified atom stereocenters. The third-order valence-electron chi connectivity index (χ3n) is 4.59. The van der Waals surface area contributed by atoms with Gasteiger partial charge < -0.3 is 15.2 Å². The van der Waals surface area contributed by atoms with Crippen LogP contribution < -0.4 is 10.6 Å². The summed E-state index contributed by atoms with van der Waals surface area (Å²) in [5.41, 5.74) is 2.41. The number of rotatable bonds is 7. The predicted molar refractivity (Wildman–Crippen MR) is 130 cm³/mol. The van der Waals surface area contributed by atoms with Crippen molar-refractivity contribution in [2.24, 2.45) is 0 Å². The molecular formula is C24H19BrN4O3S. The Morgan fingerprint density at radius 3 is 2.67 bits per heavy atom. The average Bonchev–Trinajstić information content (AvgIpc) is 3.50. The highest BCUT2D eigenvalue weighted by molar-refractivity contribution is 9.10. The Morgan fingerprint density at radius 1 is 1.12 bits per heavy atom. The Bertz CT molecular complexity index is 1300. The molecule has 0 saturated carbocycles. The number of nitrogens with one attached hydrogen (secondary N) is 2. The lowest BCUT2D eigenvalue weighted by atomic mass is 10.1. The van der Waals surface area contributed by atoms with Crippen LogP contribution in [0.25, 0.3) is 17.5 Å². The molecule has 2 N–H and O–H groups in total. The largest absolute Gasteiger partial charge is 0.342 e. The maximum absolute atomic E-state index is 12.9. The van der Waals surface area contributed by atoms with Gasteiger partial charge in [-0.15, -0.1) is 11.3 Å². The zero-order valence-corrected chi connectivity index (χ0v) is 19.9. The van der Waals surface area contributed by atoms with Crippen molar-refractivity contribution in [3.8, 4) is 11.4 Å². The summed E-state index contributed by atoms with van der Waals surface area (Å²) in [5.74, 6) is -0.171. The van der Waals surface area contributed by atoms with Gasteiger partial charge in [-0.05, 0) is 48.7 Å². The van der Waals surface area contributed by atoms with Crippen LogP contribution in [0.2, 0.25) is 0 Å². The molecule has 2 aromatic heterocycles. The fraction of sp³-hybridized carbons (Fsp3) is 0.0833. The number of thiophene rings is 1. The van der Waals surface area contributed by atoms with E-state index in [1.165, 1.54) is 11.3 Å². The van der Waals surface area contributed by atoms with Crippen molar-refractivity contribution in [2.75, 3.05) is 0 Å². The lowest BCUT2D eigenvalue weighted by Crippen LogP contribution is -2.34. The van der Waals surface area contributed by atoms with Gasteiger partial charge in [0.15, 0.2) is 0 Å². The molecule has 0 aliphatic heterocycles. The first-order valence-corrected chi connectivity index (χ1v) is 11.6. The highest BCUT2D eigenvalue weighted by Crippen LogP contribution is 2.20. The lowest BCUT2D eigenvalue weighted by molar-refractivity contribution is -0.118. The van der Waals surface area contributed by atoms with Crippen LogP contribution in [-0.2, 0) is 11.3 Å². The van der Waals surface area contributed by atoms with Gasteiger partial charge in [0, 0.05) is 20.5 Å². The summed E-state index contributed by atoms with van der Waals surface area (Å²) in [6.45, 7) is 1.96. The molecule has 0 bridgehead atoms. The van der Waals surface area contributed by atoms with Crippen molar-refractivity contribution < 1.29 is 14.1 Å². The van der Waals surface area contributed by atoms with Crippen molar-refractivity contribution in [1.82, 2.24) is 20.8 Å². The standard InChI is InChI=1S/C24H19BrN4O3S/c1-15-7-9-16(10-8-15)23(30)27-20(13-19-6-3-11-33-19)24(31)26-14-21-28-22(29-32-21)17-4-2-5-18(25)12-17/h2-13H,14H2,1H3,(H,26,31)(H,27,30)/b20-13-. The Morgan fingerprint density at radius 2 is 1.94 bits per heavy atom. The minimum absolute atomic E-state index is 0.0159. The predicted octanol–water partition coefficient (Wildman–Crippen LogP) is 4.96. The lowest BCUT2D eigenvalue weighted by Gasteiger charge is -2.10. The zero-order chi connectivity index (χ0) is 23.2. The van der Waals surface area contributed by atoms with E-state index in [0.29, 0.717) is 11.4 Å². The monoisotopic (exact) mass is 522 g/mol. The highest BCUT2D eigenvalue weighted by atomic mass is 79.9. The third kappa shape index (κ3) is 6.03. The molecule has 0 aliphatic rings. The number of amides is 2. The summed E-state index contributed by atoms with van der Waals surface area (Å²) in [6, 6.07) is 18.4. The number of aromatic nitrogens is 2. The number of hydrogen-bond acceptors (Lipinski definition) is 6. The number of benzene rings is 2. The summed E-state index contributed by atoms with van der Waals surface area (Å²) in [5, 5.41) is 11.3. The van der Waals surface area contributed by atoms with Gasteiger partial charge in [-0.1, -0.05) is 57.0 Å². The maximum Gasteiger partial charge on any atom is 0.268 e. The number of hydrogen-bond donors (Lipinski definition) is 2. The second-order valence-electron chi connectivity index (χ2n) is 7.10. The molecule has 0 atom stereocenters. The van der Waals surface area contributed by atoms with Gasteiger partial charge >= 0.3 is 0 Å². The Kier molecular flexibility index (Phi) is 7.11. The van der Waals surface area contributed by atoms with Crippen molar-refractivity contribution in [3.63, 3.8) is 0 Å². The molecule has 166 valence electrons. The molecule has 0 aliphatic carbocycles. The van der Waals surface area contributed by atoms with Crippen molar-refractivity contribution in [3.05, 3.63) is 98.1 Å². The topological polar surface area (TPSA) is 97.1 Å². The second kappa shape index (κ2) is 10.4. The summed E-state index contributed by atoms with van der Waals surface area (Å²) in [4.78, 5) is 30.7. The van der Waals surface area contributed by atoms with E-state index in [4.69, 9.17) is 4.52 Å². The number of carbonyl (C=O) groups excluding carboxylic acids is 2. The van der Waals surface area contributed by atoms with E-state index < -0.39 is 5.91 Å². The molecule has 33 heavy (non-hydrogen) atoms. The highest BCUT2D eigenvalue weighted by Gasteiger charge is 2.16. The number of halogens is 1. The van der Waals surface area contributed by atoms with E-state index in [0.717, 1.165) is 20.5 Å². The van der Waals surface area contributed by atoms with Crippen LogP contribution in [0.4, 0.5) is 0 Å². The molecular weight excluding hydrogens is 504 g/mol. The molecule has 0 saturated heterocycles. The van der Waals surface area contributed by atoms with Gasteiger partial charge in [0.1, 0.15) is 5.70 Å². The minimum atomic E-state index is -0.467. The molecule has 2 amide bonds. The normalized spacial score (nSPS) is 11.3. The van der Waals surface area contributed by atoms with Gasteiger partial charge in [-0.2, -0.15) is 4.98 Å². The number of carbonyl (C=O) groups is 2. The summed E-state index contributed by atoms with van der Waals surface area (Å²) in [7, 11) is 0. The van der Waals surface area contributed by atoms with Crippen LogP contribution in [0.3, 0.4) is 0 Å². The molecule has 2 heterocycles. The van der Waals surface area contributed by atoms with Gasteiger partial charge in [0.25, 0.3) is 11.8 Å². The molecule has 4 rings (SSSR count). The van der Waals surface area contributed by atoms with Crippen molar-refractivity contribution in [1.29, 1.82) is 0 Å². The van der Waals surface area contributed by atoms with Gasteiger partial charge in [0.05, 0.1) is 6.54 Å². The molecule has 0 spiro atoms. The van der Waals surface area contributed by atoms with E-state index in [9.17, 15) is 9.59 Å². The Labute approximate surface area is 202 Å². The average molecular weight is 523 g/mol. The van der Waals surface area contributed by atoms with E-state index >= 15 is 0 Å². The van der Waals surface area contributed by atoms with Crippen molar-refractivity contribution in [2.45, 2.75) is 13.5 Å². The van der Waals surface area contributed by atoms with Gasteiger partial charge in [-0.3, -0.25) is 9.59 Å². The molecule has 4 aromatic rings. The third-order valence-corrected chi connectivity index (χ3v) is 5.90. The second-order valence-corrected chi connectivity index (χ2v) is 8.99. The zero-order valence-electron chi connectivity index (χ0n) is 17.5. The molecule has 2 aromatic carbocycles. The molecule has 0 radical (unpaired) electrons. The van der Waals surface area contributed by atoms with E-state index in [1.54, 1.807) is 18.2 Å². The number of aryl methyl sites for hydroxylation is 1. The maximum atomic E-state index is 12.9. The van der Waals surface area contributed by atoms with Gasteiger partial charge in [0.2, 0.25) is 11.7 Å². The Hall–Kier alpha value is -3.56. The SMILES string of the molecule is Cc1ccc(C(=O)N/C(=C\c2cccs2)C(=O)NCc2nc(-c3cccc(Br)c3)no2)cc1. The number of nitrogens with zero attached hydrogens (tertiary/aromatic N) is 2. The van der Waals surface area contributed by atoms with Crippen LogP contribution in [0.15, 0.2) is 80.7 Å². The molecule has 7 nitrogen and oxygen atoms in total. The van der Waals surface area contributed by atoms with E-state index in [-0.39, 0.29) is 24.0 Å². The molecule has 9 heteroatoms. The van der Waals surface area contributed by atoms with Crippen LogP contribution in [-0.4, -0.2) is 22.0 Å². The Balaban J connectivity index is 1.46. The molecule has 0 fully saturated rings. The minimum Gasteiger partial charge on any atom is -0.342 e. The van der Waals surface area contributed by atoms with Crippen LogP contribution in [0.5, 0.6) is 0 Å². The van der Waals surface area contributed by atoms with Crippen molar-refractivity contribution >= 4 is 45.2 Å². The van der Waals surface area contributed by atoms with Gasteiger partial charge in [-0.25, -0.2) is 0 Å². The fourth-order valence-electron chi connectivity index (χ4n) is 2.90. The fourth-order valence-corrected chi connectivity index (χ4v) is 3.95. The summed E-state index contributed by atoms with van der Waals surface area (Å²) < 4.78 is 6.16. The van der Waals surface area contributed by atoms with Crippen LogP contribution in [0.1, 0.15) is 26.7 Å². The smallest absolute Gasteiger partial charge is 0.268 e. The summed E-state index contributed by atoms with van der Waals surface area (Å²) in [6.07, 6.45) is 1.63. The first-order chi connectivity index (χ1) is 16.0. The quantitative estimate of drug-likeness (QED) is 0.334. The summed E-state index contributed by atoms with van der Waals surface area (Å²) >= 11 is 4.87. The van der Waals surface area contributed by atoms with Crippen LogP contribution in [0, 0.1) is 6.92 Å². The van der Waals surface area contributed by atoms with E-state index in [2.05, 4.69) is 36.7 Å². The van der Waals surface area contributed by atoms with E-state index in [1.807, 2.05) is 60.8 Å². The van der Waals surface area contributed by atoms with Crippen LogP contribution >= 0.6 is 27.3 Å². The first kappa shape index (κ1) is 22.6. The first-order valence-electron chi connectivity index (χ1n) is 9.98.